The van der Waals surface area contributed by atoms with Crippen molar-refractivity contribution in [3.63, 3.8) is 0 Å². The molecule has 28 heavy (non-hydrogen) atoms. The summed E-state index contributed by atoms with van der Waals surface area (Å²) < 4.78 is 10.5. The van der Waals surface area contributed by atoms with Crippen LogP contribution in [0.4, 0.5) is 11.4 Å². The first-order valence-electron chi connectivity index (χ1n) is 9.05. The Morgan fingerprint density at radius 2 is 1.93 bits per heavy atom. The number of amides is 2. The lowest BCUT2D eigenvalue weighted by atomic mass is 10.1. The Balaban J connectivity index is 1.69. The third-order valence-corrected chi connectivity index (χ3v) is 4.48. The summed E-state index contributed by atoms with van der Waals surface area (Å²) in [5, 5.41) is 2.69. The lowest BCUT2D eigenvalue weighted by molar-refractivity contribution is -0.123. The molecule has 2 aromatic rings. The van der Waals surface area contributed by atoms with Crippen molar-refractivity contribution >= 4 is 29.2 Å². The Hall–Kier alpha value is -3.35. The number of esters is 1. The second kappa shape index (κ2) is 8.56. The molecule has 1 atom stereocenters. The lowest BCUT2D eigenvalue weighted by Crippen LogP contribution is -2.31. The van der Waals surface area contributed by atoms with E-state index in [1.807, 2.05) is 0 Å². The molecule has 0 aliphatic carbocycles. The number of carbonyl (C=O) groups is 3. The largest absolute Gasteiger partial charge is 0.497 e. The molecule has 0 saturated carbocycles. The molecule has 0 radical (unpaired) electrons. The van der Waals surface area contributed by atoms with Crippen LogP contribution in [0.1, 0.15) is 30.1 Å². The predicted molar refractivity (Wildman–Crippen MR) is 105 cm³/mol. The van der Waals surface area contributed by atoms with Crippen molar-refractivity contribution in [2.24, 2.45) is 0 Å². The van der Waals surface area contributed by atoms with Crippen molar-refractivity contribution in [3.8, 4) is 5.75 Å². The highest BCUT2D eigenvalue weighted by Crippen LogP contribution is 2.26. The molecular weight excluding hydrogens is 360 g/mol. The van der Waals surface area contributed by atoms with Crippen LogP contribution in [0.2, 0.25) is 0 Å². The Labute approximate surface area is 163 Å². The van der Waals surface area contributed by atoms with Crippen LogP contribution >= 0.6 is 0 Å². The summed E-state index contributed by atoms with van der Waals surface area (Å²) in [5.41, 5.74) is 1.31. The highest BCUT2D eigenvalue weighted by molar-refractivity contribution is 6.04. The van der Waals surface area contributed by atoms with Gasteiger partial charge in [-0.05, 0) is 37.6 Å². The van der Waals surface area contributed by atoms with Gasteiger partial charge in [-0.25, -0.2) is 4.79 Å². The third-order valence-electron chi connectivity index (χ3n) is 4.48. The average molecular weight is 382 g/mol. The molecule has 0 bridgehead atoms. The Morgan fingerprint density at radius 3 is 2.64 bits per heavy atom. The van der Waals surface area contributed by atoms with Crippen molar-refractivity contribution in [2.45, 2.75) is 25.9 Å². The third kappa shape index (κ3) is 4.31. The zero-order valence-corrected chi connectivity index (χ0v) is 15.8. The van der Waals surface area contributed by atoms with Crippen LogP contribution in [0.5, 0.6) is 5.75 Å². The monoisotopic (exact) mass is 382 g/mol. The van der Waals surface area contributed by atoms with Crippen LogP contribution in [0.3, 0.4) is 0 Å². The Kier molecular flexibility index (Phi) is 5.93. The van der Waals surface area contributed by atoms with Gasteiger partial charge in [0.05, 0.1) is 18.4 Å². The van der Waals surface area contributed by atoms with Crippen molar-refractivity contribution in [1.29, 1.82) is 0 Å². The Morgan fingerprint density at radius 1 is 1.14 bits per heavy atom. The molecule has 1 fully saturated rings. The predicted octanol–water partition coefficient (Wildman–Crippen LogP) is 3.01. The number of anilines is 2. The molecule has 2 aromatic carbocycles. The number of para-hydroxylation sites is 1. The van der Waals surface area contributed by atoms with E-state index in [0.29, 0.717) is 30.1 Å². The Bertz CT molecular complexity index is 896. The highest BCUT2D eigenvalue weighted by Gasteiger charge is 2.27. The molecule has 0 aromatic heterocycles. The molecule has 0 unspecified atom stereocenters. The topological polar surface area (TPSA) is 84.9 Å². The number of ether oxygens (including phenoxy) is 2. The summed E-state index contributed by atoms with van der Waals surface area (Å²) in [6.45, 7) is 2.06. The number of hydrogen-bond acceptors (Lipinski definition) is 5. The standard InChI is InChI=1S/C21H22N2O5/c1-14(20(25)22-15-7-5-8-16(13-15)27-2)28-21(26)17-9-3-4-10-18(17)23-12-6-11-19(23)24/h3-5,7-10,13-14H,6,11-12H2,1-2H3,(H,22,25)/t14-/m0/s1. The molecule has 1 saturated heterocycles. The number of methoxy groups -OCH3 is 1. The van der Waals surface area contributed by atoms with E-state index in [4.69, 9.17) is 9.47 Å². The number of carbonyl (C=O) groups excluding carboxylic acids is 3. The second-order valence-electron chi connectivity index (χ2n) is 6.43. The van der Waals surface area contributed by atoms with Crippen molar-refractivity contribution in [1.82, 2.24) is 0 Å². The molecule has 1 heterocycles. The van der Waals surface area contributed by atoms with Gasteiger partial charge >= 0.3 is 5.97 Å². The number of nitrogens with one attached hydrogen (secondary N) is 1. The number of hydrogen-bond donors (Lipinski definition) is 1. The normalized spacial score (nSPS) is 14.5. The van der Waals surface area contributed by atoms with Crippen molar-refractivity contribution in [3.05, 3.63) is 54.1 Å². The van der Waals surface area contributed by atoms with Crippen LogP contribution in [0.25, 0.3) is 0 Å². The molecule has 146 valence electrons. The molecule has 2 amide bonds. The highest BCUT2D eigenvalue weighted by atomic mass is 16.5. The summed E-state index contributed by atoms with van der Waals surface area (Å²) in [4.78, 5) is 38.6. The van der Waals surface area contributed by atoms with E-state index in [2.05, 4.69) is 5.32 Å². The smallest absolute Gasteiger partial charge is 0.341 e. The minimum atomic E-state index is -1.01. The zero-order chi connectivity index (χ0) is 20.1. The first-order valence-corrected chi connectivity index (χ1v) is 9.05. The van der Waals surface area contributed by atoms with E-state index in [-0.39, 0.29) is 11.5 Å². The van der Waals surface area contributed by atoms with Gasteiger partial charge in [-0.2, -0.15) is 0 Å². The molecule has 1 N–H and O–H groups in total. The quantitative estimate of drug-likeness (QED) is 0.777. The van der Waals surface area contributed by atoms with Gasteiger partial charge in [0, 0.05) is 24.7 Å². The molecule has 1 aliphatic rings. The maximum Gasteiger partial charge on any atom is 0.341 e. The van der Waals surface area contributed by atoms with Gasteiger partial charge in [0.1, 0.15) is 5.75 Å². The molecule has 7 heteroatoms. The molecule has 7 nitrogen and oxygen atoms in total. The molecular formula is C21H22N2O5. The fourth-order valence-electron chi connectivity index (χ4n) is 3.01. The molecule has 1 aliphatic heterocycles. The van der Waals surface area contributed by atoms with E-state index in [0.717, 1.165) is 6.42 Å². The SMILES string of the molecule is COc1cccc(NC(=O)[C@H](C)OC(=O)c2ccccc2N2CCCC2=O)c1. The van der Waals surface area contributed by atoms with Gasteiger partial charge in [-0.3, -0.25) is 9.59 Å². The first kappa shape index (κ1) is 19.4. The van der Waals surface area contributed by atoms with Gasteiger partial charge in [0.2, 0.25) is 5.91 Å². The van der Waals surface area contributed by atoms with Crippen LogP contribution < -0.4 is 15.0 Å². The fourth-order valence-corrected chi connectivity index (χ4v) is 3.01. The maximum absolute atomic E-state index is 12.6. The van der Waals surface area contributed by atoms with E-state index in [1.54, 1.807) is 53.4 Å². The number of rotatable bonds is 6. The van der Waals surface area contributed by atoms with Crippen LogP contribution in [0.15, 0.2) is 48.5 Å². The minimum Gasteiger partial charge on any atom is -0.497 e. The number of nitrogens with zero attached hydrogens (tertiary/aromatic N) is 1. The first-order chi connectivity index (χ1) is 13.5. The summed E-state index contributed by atoms with van der Waals surface area (Å²) in [7, 11) is 1.54. The zero-order valence-electron chi connectivity index (χ0n) is 15.8. The van der Waals surface area contributed by atoms with Gasteiger partial charge in [0.15, 0.2) is 6.10 Å². The van der Waals surface area contributed by atoms with Gasteiger partial charge in [-0.15, -0.1) is 0 Å². The van der Waals surface area contributed by atoms with Crippen LogP contribution in [0, 0.1) is 0 Å². The van der Waals surface area contributed by atoms with Gasteiger partial charge in [0.25, 0.3) is 5.91 Å². The lowest BCUT2D eigenvalue weighted by Gasteiger charge is -2.20. The molecule has 0 spiro atoms. The van der Waals surface area contributed by atoms with E-state index >= 15 is 0 Å². The minimum absolute atomic E-state index is 0.0240. The van der Waals surface area contributed by atoms with E-state index < -0.39 is 18.0 Å². The number of benzene rings is 2. The van der Waals surface area contributed by atoms with E-state index in [9.17, 15) is 14.4 Å². The van der Waals surface area contributed by atoms with Crippen molar-refractivity contribution in [2.75, 3.05) is 23.9 Å². The summed E-state index contributed by atoms with van der Waals surface area (Å²) >= 11 is 0. The van der Waals surface area contributed by atoms with Crippen LogP contribution in [-0.2, 0) is 14.3 Å². The summed E-state index contributed by atoms with van der Waals surface area (Å²) in [5.74, 6) is -0.532. The van der Waals surface area contributed by atoms with E-state index in [1.165, 1.54) is 14.0 Å². The van der Waals surface area contributed by atoms with Crippen molar-refractivity contribution < 1.29 is 23.9 Å². The van der Waals surface area contributed by atoms with Crippen LogP contribution in [-0.4, -0.2) is 37.5 Å². The maximum atomic E-state index is 12.6. The second-order valence-corrected chi connectivity index (χ2v) is 6.43. The fraction of sp³-hybridized carbons (Fsp3) is 0.286. The van der Waals surface area contributed by atoms with Gasteiger partial charge < -0.3 is 19.7 Å². The van der Waals surface area contributed by atoms with Gasteiger partial charge in [-0.1, -0.05) is 18.2 Å². The summed E-state index contributed by atoms with van der Waals surface area (Å²) in [6.07, 6.45) is 0.200. The average Bonchev–Trinajstić information content (AvgIpc) is 3.13. The summed E-state index contributed by atoms with van der Waals surface area (Å²) in [6, 6.07) is 13.6. The molecule has 3 rings (SSSR count).